The van der Waals surface area contributed by atoms with Crippen LogP contribution in [0.3, 0.4) is 0 Å². The highest BCUT2D eigenvalue weighted by Crippen LogP contribution is 2.18. The van der Waals surface area contributed by atoms with Crippen molar-refractivity contribution in [3.63, 3.8) is 0 Å². The van der Waals surface area contributed by atoms with E-state index in [1.54, 1.807) is 0 Å². The predicted molar refractivity (Wildman–Crippen MR) is 353 cm³/mol. The van der Waals surface area contributed by atoms with Crippen LogP contribution in [-0.4, -0.2) is 37.2 Å². The molecule has 0 heterocycles. The van der Waals surface area contributed by atoms with E-state index in [0.29, 0.717) is 19.3 Å². The second kappa shape index (κ2) is 70.1. The Morgan fingerprint density at radius 3 is 0.617 bits per heavy atom. The fourth-order valence-electron chi connectivity index (χ4n) is 11.1. The summed E-state index contributed by atoms with van der Waals surface area (Å²) in [7, 11) is 0. The monoisotopic (exact) mass is 1140 g/mol. The van der Waals surface area contributed by atoms with Gasteiger partial charge in [-0.3, -0.25) is 14.4 Å². The van der Waals surface area contributed by atoms with Gasteiger partial charge in [0.05, 0.1) is 0 Å². The number of carbonyl (C=O) groups excluding carboxylic acids is 3. The lowest BCUT2D eigenvalue weighted by Gasteiger charge is -2.18. The van der Waals surface area contributed by atoms with Crippen LogP contribution >= 0.6 is 0 Å². The smallest absolute Gasteiger partial charge is 0.306 e. The zero-order chi connectivity index (χ0) is 58.5. The lowest BCUT2D eigenvalue weighted by molar-refractivity contribution is -0.167. The third-order valence-corrected chi connectivity index (χ3v) is 16.6. The summed E-state index contributed by atoms with van der Waals surface area (Å²) in [6, 6.07) is 0. The minimum absolute atomic E-state index is 0.0735. The van der Waals surface area contributed by atoms with Crippen molar-refractivity contribution >= 4 is 17.9 Å². The van der Waals surface area contributed by atoms with E-state index in [9.17, 15) is 14.4 Å². The zero-order valence-corrected chi connectivity index (χ0v) is 54.8. The molecule has 0 aliphatic rings. The van der Waals surface area contributed by atoms with Gasteiger partial charge >= 0.3 is 17.9 Å². The van der Waals surface area contributed by atoms with Crippen molar-refractivity contribution in [2.45, 2.75) is 412 Å². The molecule has 0 aromatic rings. The Morgan fingerprint density at radius 2 is 0.407 bits per heavy atom. The Bertz CT molecular complexity index is 1350. The molecule has 476 valence electrons. The first-order valence-corrected chi connectivity index (χ1v) is 36.5. The number of unbranched alkanes of at least 4 members (excludes halogenated alkanes) is 51. The summed E-state index contributed by atoms with van der Waals surface area (Å²) in [6.45, 7) is 6.69. The molecule has 6 nitrogen and oxygen atoms in total. The van der Waals surface area contributed by atoms with Gasteiger partial charge < -0.3 is 14.2 Å². The molecule has 0 spiro atoms. The number of hydrogen-bond donors (Lipinski definition) is 0. The predicted octanol–water partition coefficient (Wildman–Crippen LogP) is 25.1. The highest BCUT2D eigenvalue weighted by atomic mass is 16.6. The molecule has 6 heteroatoms. The van der Waals surface area contributed by atoms with E-state index in [4.69, 9.17) is 14.2 Å². The van der Waals surface area contributed by atoms with Crippen LogP contribution in [0.1, 0.15) is 406 Å². The first-order valence-electron chi connectivity index (χ1n) is 36.5. The summed E-state index contributed by atoms with van der Waals surface area (Å²) in [5.74, 6) is -0.863. The van der Waals surface area contributed by atoms with Gasteiger partial charge in [0.25, 0.3) is 0 Å². The molecule has 0 radical (unpaired) electrons. The molecule has 0 bridgehead atoms. The molecule has 0 aliphatic carbocycles. The first-order chi connectivity index (χ1) is 40.0. The molecule has 0 aliphatic heterocycles. The number of carbonyl (C=O) groups is 3. The van der Waals surface area contributed by atoms with Crippen LogP contribution in [0.4, 0.5) is 0 Å². The van der Waals surface area contributed by atoms with Crippen molar-refractivity contribution in [3.8, 4) is 0 Å². The Labute approximate surface area is 506 Å². The van der Waals surface area contributed by atoms with E-state index in [0.717, 1.165) is 70.6 Å². The molecule has 0 fully saturated rings. The third kappa shape index (κ3) is 68.3. The van der Waals surface area contributed by atoms with Gasteiger partial charge in [-0.2, -0.15) is 0 Å². The number of ether oxygens (including phenoxy) is 3. The molecule has 0 aromatic carbocycles. The first kappa shape index (κ1) is 78.6. The molecule has 0 amide bonds. The summed E-state index contributed by atoms with van der Waals surface area (Å²) >= 11 is 0. The van der Waals surface area contributed by atoms with Crippen LogP contribution in [0.25, 0.3) is 0 Å². The van der Waals surface area contributed by atoms with E-state index in [1.165, 1.54) is 295 Å². The Kier molecular flexibility index (Phi) is 68.1. The van der Waals surface area contributed by atoms with Crippen molar-refractivity contribution in [1.82, 2.24) is 0 Å². The van der Waals surface area contributed by atoms with Gasteiger partial charge in [-0.1, -0.05) is 327 Å². The summed E-state index contributed by atoms with van der Waals surface area (Å²) in [6.07, 6.45) is 87.6. The average molecular weight is 1140 g/mol. The molecule has 1 unspecified atom stereocenters. The Hall–Kier alpha value is -2.37. The fourth-order valence-corrected chi connectivity index (χ4v) is 11.1. The minimum Gasteiger partial charge on any atom is -0.462 e. The maximum atomic E-state index is 12.9. The van der Waals surface area contributed by atoms with Gasteiger partial charge in [-0.15, -0.1) is 0 Å². The van der Waals surface area contributed by atoms with Gasteiger partial charge in [-0.25, -0.2) is 0 Å². The highest BCUT2D eigenvalue weighted by Gasteiger charge is 2.19. The number of rotatable bonds is 68. The fraction of sp³-hybridized carbons (Fsp3) is 0.880. The minimum atomic E-state index is -0.779. The quantitative estimate of drug-likeness (QED) is 0.0261. The van der Waals surface area contributed by atoms with Crippen LogP contribution in [0.5, 0.6) is 0 Å². The summed E-state index contributed by atoms with van der Waals surface area (Å²) in [5, 5.41) is 0. The number of allylic oxidation sites excluding steroid dienone is 6. The highest BCUT2D eigenvalue weighted by molar-refractivity contribution is 5.71. The standard InChI is InChI=1S/C75H140O6/c1-4-7-10-13-16-19-22-25-28-31-32-33-34-35-36-37-38-39-40-41-42-43-44-45-48-50-53-56-59-62-65-68-74(77)80-71-72(81-75(78)69-66-63-60-57-54-51-47-30-27-24-21-18-15-12-9-6-3)70-79-73(76)67-64-61-58-55-52-49-46-29-26-23-20-17-14-11-8-5-2/h29-32,46-47,72H,4-28,33-45,48-71H2,1-3H3/b32-31-,46-29-,47-30-. The van der Waals surface area contributed by atoms with Gasteiger partial charge in [-0.05, 0) is 96.3 Å². The van der Waals surface area contributed by atoms with Crippen LogP contribution < -0.4 is 0 Å². The van der Waals surface area contributed by atoms with Gasteiger partial charge in [0.2, 0.25) is 0 Å². The maximum absolute atomic E-state index is 12.9. The van der Waals surface area contributed by atoms with Gasteiger partial charge in [0.15, 0.2) is 6.10 Å². The molecule has 81 heavy (non-hydrogen) atoms. The van der Waals surface area contributed by atoms with Gasteiger partial charge in [0.1, 0.15) is 13.2 Å². The molecule has 0 saturated carbocycles. The number of esters is 3. The molecular weight excluding hydrogens is 997 g/mol. The summed E-state index contributed by atoms with van der Waals surface area (Å²) < 4.78 is 17.0. The van der Waals surface area contributed by atoms with Crippen molar-refractivity contribution in [3.05, 3.63) is 36.5 Å². The Morgan fingerprint density at radius 1 is 0.235 bits per heavy atom. The maximum Gasteiger partial charge on any atom is 0.306 e. The molecule has 0 aromatic heterocycles. The zero-order valence-electron chi connectivity index (χ0n) is 54.8. The molecule has 1 atom stereocenters. The van der Waals surface area contributed by atoms with Crippen LogP contribution in [0.15, 0.2) is 36.5 Å². The number of hydrogen-bond acceptors (Lipinski definition) is 6. The van der Waals surface area contributed by atoms with Crippen molar-refractivity contribution in [2.24, 2.45) is 0 Å². The van der Waals surface area contributed by atoms with E-state index in [2.05, 4.69) is 57.2 Å². The molecular formula is C75H140O6. The van der Waals surface area contributed by atoms with E-state index in [-0.39, 0.29) is 31.1 Å². The van der Waals surface area contributed by atoms with Crippen molar-refractivity contribution < 1.29 is 28.6 Å². The van der Waals surface area contributed by atoms with Crippen LogP contribution in [0, 0.1) is 0 Å². The molecule has 0 saturated heterocycles. The third-order valence-electron chi connectivity index (χ3n) is 16.6. The normalized spacial score (nSPS) is 12.2. The lowest BCUT2D eigenvalue weighted by atomic mass is 10.0. The second-order valence-electron chi connectivity index (χ2n) is 24.8. The van der Waals surface area contributed by atoms with Crippen molar-refractivity contribution in [2.75, 3.05) is 13.2 Å². The van der Waals surface area contributed by atoms with E-state index in [1.807, 2.05) is 0 Å². The van der Waals surface area contributed by atoms with E-state index < -0.39 is 6.10 Å². The van der Waals surface area contributed by atoms with Gasteiger partial charge in [0, 0.05) is 19.3 Å². The second-order valence-corrected chi connectivity index (χ2v) is 24.8. The lowest BCUT2D eigenvalue weighted by Crippen LogP contribution is -2.30. The summed E-state index contributed by atoms with van der Waals surface area (Å²) in [4.78, 5) is 38.4. The molecule has 0 rings (SSSR count). The Balaban J connectivity index is 4.17. The topological polar surface area (TPSA) is 78.9 Å². The van der Waals surface area contributed by atoms with Crippen LogP contribution in [-0.2, 0) is 28.6 Å². The van der Waals surface area contributed by atoms with E-state index >= 15 is 0 Å². The summed E-state index contributed by atoms with van der Waals surface area (Å²) in [5.41, 5.74) is 0. The average Bonchev–Trinajstić information content (AvgIpc) is 3.47. The largest absolute Gasteiger partial charge is 0.462 e. The van der Waals surface area contributed by atoms with Crippen LogP contribution in [0.2, 0.25) is 0 Å². The van der Waals surface area contributed by atoms with Crippen molar-refractivity contribution in [1.29, 1.82) is 0 Å². The molecule has 0 N–H and O–H groups in total. The SMILES string of the molecule is CCCCCCCCC/C=C\CCCCCCCC(=O)OCC(COC(=O)CCCCCCCCCCCCCCCCCCCCC/C=C\CCCCCCCCCC)OC(=O)CCCCCCC/C=C\CCCCCCCCC.